The van der Waals surface area contributed by atoms with Crippen molar-refractivity contribution in [3.8, 4) is 11.5 Å². The fourth-order valence-electron chi connectivity index (χ4n) is 3.21. The quantitative estimate of drug-likeness (QED) is 0.562. The van der Waals surface area contributed by atoms with Crippen LogP contribution in [0.25, 0.3) is 0 Å². The number of carbonyl (C=O) groups is 2. The molecule has 1 atom stereocenters. The van der Waals surface area contributed by atoms with Gasteiger partial charge in [0, 0.05) is 11.8 Å². The van der Waals surface area contributed by atoms with Crippen LogP contribution in [0, 0.1) is 5.82 Å². The van der Waals surface area contributed by atoms with E-state index in [0.717, 1.165) is 18.2 Å². The molecule has 1 aliphatic heterocycles. The monoisotopic (exact) mass is 461 g/mol. The maximum Gasteiger partial charge on any atom is 0.573 e. The third-order valence-electron chi connectivity index (χ3n) is 4.66. The van der Waals surface area contributed by atoms with Gasteiger partial charge in [-0.05, 0) is 48.0 Å². The van der Waals surface area contributed by atoms with Crippen molar-refractivity contribution in [2.45, 2.75) is 12.4 Å². The number of aromatic nitrogens is 1. The van der Waals surface area contributed by atoms with Crippen molar-refractivity contribution in [3.63, 3.8) is 0 Å². The van der Waals surface area contributed by atoms with Crippen LogP contribution in [0.1, 0.15) is 27.7 Å². The lowest BCUT2D eigenvalue weighted by Crippen LogP contribution is -2.31. The Hall–Kier alpha value is -4.15. The Morgan fingerprint density at radius 2 is 1.91 bits per heavy atom. The van der Waals surface area contributed by atoms with Gasteiger partial charge in [-0.3, -0.25) is 14.6 Å². The van der Waals surface area contributed by atoms with Gasteiger partial charge in [0.1, 0.15) is 23.0 Å². The molecule has 11 heteroatoms. The number of rotatable bonds is 5. The van der Waals surface area contributed by atoms with Crippen LogP contribution in [0.2, 0.25) is 0 Å². The van der Waals surface area contributed by atoms with Crippen LogP contribution in [0.5, 0.6) is 11.5 Å². The van der Waals surface area contributed by atoms with Gasteiger partial charge in [-0.1, -0.05) is 12.1 Å². The second kappa shape index (κ2) is 8.77. The Morgan fingerprint density at radius 1 is 1.15 bits per heavy atom. The number of alkyl halides is 3. The average Bonchev–Trinajstić information content (AvgIpc) is 2.77. The summed E-state index contributed by atoms with van der Waals surface area (Å²) < 4.78 is 61.0. The molecule has 1 aliphatic rings. The maximum absolute atomic E-state index is 14.5. The molecule has 2 amide bonds. The van der Waals surface area contributed by atoms with Crippen LogP contribution in [0.15, 0.2) is 60.8 Å². The van der Waals surface area contributed by atoms with Crippen molar-refractivity contribution in [2.75, 3.05) is 11.9 Å². The minimum absolute atomic E-state index is 0.128. The molecule has 0 radical (unpaired) electrons. The van der Waals surface area contributed by atoms with Crippen molar-refractivity contribution in [1.82, 2.24) is 10.3 Å². The molecule has 2 aromatic carbocycles. The Kier molecular flexibility index (Phi) is 5.86. The van der Waals surface area contributed by atoms with Crippen LogP contribution in [-0.4, -0.2) is 29.8 Å². The fourth-order valence-corrected chi connectivity index (χ4v) is 3.21. The lowest BCUT2D eigenvalue weighted by atomic mass is 10.0. The highest BCUT2D eigenvalue weighted by molar-refractivity contribution is 5.99. The number of amides is 2. The first kappa shape index (κ1) is 22.1. The van der Waals surface area contributed by atoms with E-state index in [1.165, 1.54) is 42.6 Å². The SMILES string of the molecule is O=C1COc2cc(C(=O)NC(c3ccc(OC(F)(F)F)cc3)c3ncccc3F)ccc2N1. The van der Waals surface area contributed by atoms with Crippen LogP contribution in [0.4, 0.5) is 23.2 Å². The van der Waals surface area contributed by atoms with Crippen LogP contribution < -0.4 is 20.1 Å². The largest absolute Gasteiger partial charge is 0.573 e. The van der Waals surface area contributed by atoms with E-state index in [1.807, 2.05) is 0 Å². The number of halogens is 4. The third-order valence-corrected chi connectivity index (χ3v) is 4.66. The van der Waals surface area contributed by atoms with Gasteiger partial charge in [-0.25, -0.2) is 4.39 Å². The van der Waals surface area contributed by atoms with Crippen molar-refractivity contribution in [1.29, 1.82) is 0 Å². The van der Waals surface area contributed by atoms with E-state index in [2.05, 4.69) is 20.4 Å². The van der Waals surface area contributed by atoms with Crippen molar-refractivity contribution >= 4 is 17.5 Å². The van der Waals surface area contributed by atoms with E-state index >= 15 is 0 Å². The molecular formula is C22H15F4N3O4. The highest BCUT2D eigenvalue weighted by atomic mass is 19.4. The minimum Gasteiger partial charge on any atom is -0.482 e. The zero-order chi connectivity index (χ0) is 23.6. The number of benzene rings is 2. The summed E-state index contributed by atoms with van der Waals surface area (Å²) in [5, 5.41) is 5.24. The highest BCUT2D eigenvalue weighted by Gasteiger charge is 2.31. The maximum atomic E-state index is 14.5. The summed E-state index contributed by atoms with van der Waals surface area (Å²) in [4.78, 5) is 28.3. The number of hydrogen-bond donors (Lipinski definition) is 2. The highest BCUT2D eigenvalue weighted by Crippen LogP contribution is 2.30. The first-order valence-corrected chi connectivity index (χ1v) is 9.53. The Bertz CT molecular complexity index is 1200. The number of pyridine rings is 1. The lowest BCUT2D eigenvalue weighted by Gasteiger charge is -2.21. The summed E-state index contributed by atoms with van der Waals surface area (Å²) in [6.45, 7) is -0.202. The van der Waals surface area contributed by atoms with Gasteiger partial charge < -0.3 is 20.1 Å². The molecule has 170 valence electrons. The summed E-state index contributed by atoms with van der Waals surface area (Å²) in [6.07, 6.45) is -3.54. The molecule has 4 rings (SSSR count). The van der Waals surface area contributed by atoms with Gasteiger partial charge in [0.2, 0.25) is 0 Å². The predicted molar refractivity (Wildman–Crippen MR) is 107 cm³/mol. The molecule has 33 heavy (non-hydrogen) atoms. The molecule has 1 aromatic heterocycles. The topological polar surface area (TPSA) is 89.6 Å². The van der Waals surface area contributed by atoms with Crippen molar-refractivity contribution in [2.24, 2.45) is 0 Å². The van der Waals surface area contributed by atoms with Gasteiger partial charge in [0.25, 0.3) is 11.8 Å². The predicted octanol–water partition coefficient (Wildman–Crippen LogP) is 3.97. The molecule has 0 saturated carbocycles. The number of carbonyl (C=O) groups excluding carboxylic acids is 2. The Labute approximate surface area is 184 Å². The smallest absolute Gasteiger partial charge is 0.482 e. The summed E-state index contributed by atoms with van der Waals surface area (Å²) >= 11 is 0. The fraction of sp³-hybridized carbons (Fsp3) is 0.136. The summed E-state index contributed by atoms with van der Waals surface area (Å²) in [5.41, 5.74) is 0.701. The van der Waals surface area contributed by atoms with Crippen LogP contribution in [0.3, 0.4) is 0 Å². The summed E-state index contributed by atoms with van der Waals surface area (Å²) in [7, 11) is 0. The molecule has 0 saturated heterocycles. The third kappa shape index (κ3) is 5.20. The van der Waals surface area contributed by atoms with Gasteiger partial charge in [-0.2, -0.15) is 0 Å². The zero-order valence-electron chi connectivity index (χ0n) is 16.7. The van der Waals surface area contributed by atoms with E-state index in [-0.39, 0.29) is 35.1 Å². The molecule has 3 aromatic rings. The van der Waals surface area contributed by atoms with Gasteiger partial charge in [-0.15, -0.1) is 13.2 Å². The number of hydrogen-bond acceptors (Lipinski definition) is 5. The summed E-state index contributed by atoms with van der Waals surface area (Å²) in [6, 6.07) is 10.4. The second-order valence-electron chi connectivity index (χ2n) is 6.94. The van der Waals surface area contributed by atoms with E-state index in [4.69, 9.17) is 4.74 Å². The molecule has 0 bridgehead atoms. The minimum atomic E-state index is -4.86. The Morgan fingerprint density at radius 3 is 2.61 bits per heavy atom. The normalized spacial score (nSPS) is 13.9. The molecule has 0 fully saturated rings. The van der Waals surface area contributed by atoms with Gasteiger partial charge >= 0.3 is 6.36 Å². The summed E-state index contributed by atoms with van der Waals surface area (Å²) in [5.74, 6) is -1.84. The van der Waals surface area contributed by atoms with Crippen LogP contribution >= 0.6 is 0 Å². The van der Waals surface area contributed by atoms with Crippen molar-refractivity contribution in [3.05, 3.63) is 83.4 Å². The molecule has 0 aliphatic carbocycles. The van der Waals surface area contributed by atoms with E-state index < -0.39 is 29.9 Å². The number of fused-ring (bicyclic) bond motifs is 1. The van der Waals surface area contributed by atoms with E-state index in [9.17, 15) is 27.2 Å². The van der Waals surface area contributed by atoms with Crippen LogP contribution in [-0.2, 0) is 4.79 Å². The average molecular weight is 461 g/mol. The second-order valence-corrected chi connectivity index (χ2v) is 6.94. The first-order chi connectivity index (χ1) is 15.7. The molecule has 7 nitrogen and oxygen atoms in total. The van der Waals surface area contributed by atoms with E-state index in [0.29, 0.717) is 5.69 Å². The molecular weight excluding hydrogens is 446 g/mol. The molecule has 1 unspecified atom stereocenters. The Balaban J connectivity index is 1.63. The lowest BCUT2D eigenvalue weighted by molar-refractivity contribution is -0.274. The number of anilines is 1. The molecule has 0 spiro atoms. The first-order valence-electron chi connectivity index (χ1n) is 9.53. The van der Waals surface area contributed by atoms with Gasteiger partial charge in [0.15, 0.2) is 6.61 Å². The number of nitrogens with one attached hydrogen (secondary N) is 2. The number of nitrogens with zero attached hydrogens (tertiary/aromatic N) is 1. The zero-order valence-corrected chi connectivity index (χ0v) is 16.7. The van der Waals surface area contributed by atoms with Gasteiger partial charge in [0.05, 0.1) is 11.7 Å². The number of ether oxygens (including phenoxy) is 2. The van der Waals surface area contributed by atoms with E-state index in [1.54, 1.807) is 0 Å². The molecule has 2 heterocycles. The standard InChI is InChI=1S/C22H15F4N3O4/c23-15-2-1-9-27-20(15)19(12-3-6-14(7-4-12)33-22(24,25)26)29-21(31)13-5-8-16-17(10-13)32-11-18(30)28-16/h1-10,19H,11H2,(H,28,30)(H,29,31). The van der Waals surface area contributed by atoms with Crippen molar-refractivity contribution < 1.29 is 36.6 Å². The molecule has 2 N–H and O–H groups in total.